The van der Waals surface area contributed by atoms with Crippen molar-refractivity contribution in [3.8, 4) is 0 Å². The molecule has 1 N–H and O–H groups in total. The van der Waals surface area contributed by atoms with Crippen molar-refractivity contribution in [2.75, 3.05) is 17.1 Å². The van der Waals surface area contributed by atoms with Gasteiger partial charge in [0.15, 0.2) is 5.78 Å². The topological polar surface area (TPSA) is 104 Å². The van der Waals surface area contributed by atoms with E-state index in [-0.39, 0.29) is 30.0 Å². The lowest BCUT2D eigenvalue weighted by Gasteiger charge is -2.33. The van der Waals surface area contributed by atoms with Crippen LogP contribution in [0.2, 0.25) is 0 Å². The molecular formula is C27H34FN3O5S. The number of Topliss-reactive ketones (excluding diaryl/α,β-unsaturated/α-hetero) is 1. The quantitative estimate of drug-likeness (QED) is 0.472. The number of hydrogen-bond donors (Lipinski definition) is 1. The van der Waals surface area contributed by atoms with Crippen LogP contribution in [0.15, 0.2) is 48.5 Å². The van der Waals surface area contributed by atoms with Gasteiger partial charge in [-0.1, -0.05) is 43.5 Å². The summed E-state index contributed by atoms with van der Waals surface area (Å²) in [7, 11) is -3.91. The lowest BCUT2D eigenvalue weighted by molar-refractivity contribution is -0.139. The van der Waals surface area contributed by atoms with Crippen LogP contribution < -0.4 is 9.62 Å². The van der Waals surface area contributed by atoms with Crippen LogP contribution >= 0.6 is 0 Å². The van der Waals surface area contributed by atoms with Crippen LogP contribution in [-0.2, 0) is 26.2 Å². The summed E-state index contributed by atoms with van der Waals surface area (Å²) in [5.74, 6) is -1.60. The van der Waals surface area contributed by atoms with Gasteiger partial charge in [-0.05, 0) is 56.5 Å². The zero-order valence-electron chi connectivity index (χ0n) is 21.4. The Labute approximate surface area is 217 Å². The first-order chi connectivity index (χ1) is 17.5. The summed E-state index contributed by atoms with van der Waals surface area (Å²) in [6, 6.07) is 10.7. The summed E-state index contributed by atoms with van der Waals surface area (Å²) < 4.78 is 39.8. The van der Waals surface area contributed by atoms with Gasteiger partial charge in [0.25, 0.3) is 0 Å². The molecule has 1 aliphatic rings. The van der Waals surface area contributed by atoms with Gasteiger partial charge in [0.05, 0.1) is 11.9 Å². The molecule has 0 bridgehead atoms. The smallest absolute Gasteiger partial charge is 0.244 e. The van der Waals surface area contributed by atoms with Crippen molar-refractivity contribution in [1.29, 1.82) is 0 Å². The molecule has 37 heavy (non-hydrogen) atoms. The average Bonchev–Trinajstić information content (AvgIpc) is 2.86. The third-order valence-corrected chi connectivity index (χ3v) is 7.75. The van der Waals surface area contributed by atoms with Gasteiger partial charge >= 0.3 is 0 Å². The SMILES string of the molecule is CC(=O)c1cccc(N(CC(=O)N(Cc2ccc(F)cc2)[C@H](C)C(=O)NC2CCCCC2)S(C)(=O)=O)c1. The van der Waals surface area contributed by atoms with Crippen molar-refractivity contribution < 1.29 is 27.2 Å². The number of sulfonamides is 1. The zero-order chi connectivity index (χ0) is 27.2. The van der Waals surface area contributed by atoms with E-state index in [9.17, 15) is 27.2 Å². The highest BCUT2D eigenvalue weighted by molar-refractivity contribution is 7.92. The van der Waals surface area contributed by atoms with Gasteiger partial charge in [-0.25, -0.2) is 12.8 Å². The molecule has 2 aromatic carbocycles. The normalized spacial score (nSPS) is 15.0. The average molecular weight is 532 g/mol. The Morgan fingerprint density at radius 1 is 1.05 bits per heavy atom. The van der Waals surface area contributed by atoms with E-state index >= 15 is 0 Å². The first-order valence-electron chi connectivity index (χ1n) is 12.4. The van der Waals surface area contributed by atoms with E-state index in [1.54, 1.807) is 19.1 Å². The van der Waals surface area contributed by atoms with Crippen molar-refractivity contribution in [3.63, 3.8) is 0 Å². The molecule has 0 spiro atoms. The Hall–Kier alpha value is -3.27. The van der Waals surface area contributed by atoms with Crippen molar-refractivity contribution >= 4 is 33.3 Å². The molecule has 8 nitrogen and oxygen atoms in total. The highest BCUT2D eigenvalue weighted by Gasteiger charge is 2.31. The predicted octanol–water partition coefficient (Wildman–Crippen LogP) is 3.66. The lowest BCUT2D eigenvalue weighted by Crippen LogP contribution is -2.53. The molecule has 0 unspecified atom stereocenters. The van der Waals surface area contributed by atoms with Crippen molar-refractivity contribution in [2.45, 2.75) is 64.6 Å². The van der Waals surface area contributed by atoms with Crippen molar-refractivity contribution in [3.05, 3.63) is 65.5 Å². The molecule has 0 aliphatic heterocycles. The van der Waals surface area contributed by atoms with Gasteiger partial charge in [0.2, 0.25) is 21.8 Å². The number of rotatable bonds is 10. The number of nitrogens with one attached hydrogen (secondary N) is 1. The molecule has 1 atom stereocenters. The maximum atomic E-state index is 13.6. The molecule has 1 aliphatic carbocycles. The van der Waals surface area contributed by atoms with Crippen LogP contribution in [0, 0.1) is 5.82 Å². The summed E-state index contributed by atoms with van der Waals surface area (Å²) >= 11 is 0. The molecule has 0 saturated heterocycles. The first-order valence-corrected chi connectivity index (χ1v) is 14.2. The van der Waals surface area contributed by atoms with Crippen LogP contribution in [0.5, 0.6) is 0 Å². The predicted molar refractivity (Wildman–Crippen MR) is 140 cm³/mol. The van der Waals surface area contributed by atoms with Crippen LogP contribution in [-0.4, -0.2) is 55.8 Å². The molecule has 10 heteroatoms. The first kappa shape index (κ1) is 28.3. The number of carbonyl (C=O) groups is 3. The van der Waals surface area contributed by atoms with E-state index in [0.717, 1.165) is 42.7 Å². The number of carbonyl (C=O) groups excluding carboxylic acids is 3. The maximum absolute atomic E-state index is 13.6. The molecule has 0 aromatic heterocycles. The van der Waals surface area contributed by atoms with Crippen LogP contribution in [0.4, 0.5) is 10.1 Å². The Morgan fingerprint density at radius 2 is 1.70 bits per heavy atom. The van der Waals surface area contributed by atoms with E-state index in [2.05, 4.69) is 5.32 Å². The highest BCUT2D eigenvalue weighted by Crippen LogP contribution is 2.22. The van der Waals surface area contributed by atoms with Gasteiger partial charge in [0.1, 0.15) is 18.4 Å². The Kier molecular flexibility index (Phi) is 9.42. The number of benzene rings is 2. The maximum Gasteiger partial charge on any atom is 0.244 e. The van der Waals surface area contributed by atoms with Crippen LogP contribution in [0.25, 0.3) is 0 Å². The Bertz CT molecular complexity index is 1230. The Balaban J connectivity index is 1.89. The minimum Gasteiger partial charge on any atom is -0.352 e. The molecule has 1 fully saturated rings. The van der Waals surface area contributed by atoms with Crippen LogP contribution in [0.1, 0.15) is 61.9 Å². The summed E-state index contributed by atoms with van der Waals surface area (Å²) in [6.45, 7) is 2.39. The van der Waals surface area contributed by atoms with Gasteiger partial charge in [-0.15, -0.1) is 0 Å². The molecule has 0 heterocycles. The van der Waals surface area contributed by atoms with Gasteiger partial charge in [0, 0.05) is 18.2 Å². The molecule has 2 aromatic rings. The van der Waals surface area contributed by atoms with E-state index in [4.69, 9.17) is 0 Å². The molecular weight excluding hydrogens is 497 g/mol. The van der Waals surface area contributed by atoms with Crippen LogP contribution in [0.3, 0.4) is 0 Å². The van der Waals surface area contributed by atoms with Crippen molar-refractivity contribution in [2.24, 2.45) is 0 Å². The molecule has 2 amide bonds. The third kappa shape index (κ3) is 7.85. The second-order valence-corrected chi connectivity index (χ2v) is 11.5. The second-order valence-electron chi connectivity index (χ2n) is 9.54. The monoisotopic (exact) mass is 531 g/mol. The minimum atomic E-state index is -3.91. The molecule has 1 saturated carbocycles. The largest absolute Gasteiger partial charge is 0.352 e. The fourth-order valence-corrected chi connectivity index (χ4v) is 5.27. The number of nitrogens with zero attached hydrogens (tertiary/aromatic N) is 2. The Morgan fingerprint density at radius 3 is 2.30 bits per heavy atom. The standard InChI is InChI=1S/C27H34FN3O5S/c1-19(27(34)29-24-9-5-4-6-10-24)30(17-21-12-14-23(28)15-13-21)26(33)18-31(37(3,35)36)25-11-7-8-22(16-25)20(2)32/h7-8,11-16,19,24H,4-6,9-10,17-18H2,1-3H3,(H,29,34)/t19-/m1/s1. The van der Waals surface area contributed by atoms with E-state index in [1.807, 2.05) is 0 Å². The number of anilines is 1. The second kappa shape index (κ2) is 12.3. The van der Waals surface area contributed by atoms with E-state index in [1.165, 1.54) is 48.2 Å². The van der Waals surface area contributed by atoms with Crippen molar-refractivity contribution in [1.82, 2.24) is 10.2 Å². The molecule has 0 radical (unpaired) electrons. The van der Waals surface area contributed by atoms with Gasteiger partial charge in [-0.2, -0.15) is 0 Å². The number of halogens is 1. The highest BCUT2D eigenvalue weighted by atomic mass is 32.2. The fraction of sp³-hybridized carbons (Fsp3) is 0.444. The molecule has 200 valence electrons. The number of amides is 2. The summed E-state index contributed by atoms with van der Waals surface area (Å²) in [5.41, 5.74) is 1.07. The summed E-state index contributed by atoms with van der Waals surface area (Å²) in [6.07, 6.45) is 5.91. The van der Waals surface area contributed by atoms with E-state index < -0.39 is 34.3 Å². The summed E-state index contributed by atoms with van der Waals surface area (Å²) in [4.78, 5) is 39.9. The molecule has 3 rings (SSSR count). The number of ketones is 1. The van der Waals surface area contributed by atoms with Gasteiger partial charge in [-0.3, -0.25) is 18.7 Å². The number of hydrogen-bond acceptors (Lipinski definition) is 5. The minimum absolute atomic E-state index is 0.0105. The lowest BCUT2D eigenvalue weighted by atomic mass is 9.95. The summed E-state index contributed by atoms with van der Waals surface area (Å²) in [5, 5.41) is 3.02. The third-order valence-electron chi connectivity index (χ3n) is 6.60. The van der Waals surface area contributed by atoms with Gasteiger partial charge < -0.3 is 10.2 Å². The zero-order valence-corrected chi connectivity index (χ0v) is 22.3. The fourth-order valence-electron chi connectivity index (χ4n) is 4.43. The van der Waals surface area contributed by atoms with E-state index in [0.29, 0.717) is 11.1 Å².